The number of aryl methyl sites for hydroxylation is 1. The van der Waals surface area contributed by atoms with Gasteiger partial charge in [0.2, 0.25) is 0 Å². The number of alkyl halides is 8. The fourth-order valence-corrected chi connectivity index (χ4v) is 5.37. The smallest absolute Gasteiger partial charge is 0.462 e. The van der Waals surface area contributed by atoms with Crippen LogP contribution in [-0.4, -0.2) is 85.7 Å². The summed E-state index contributed by atoms with van der Waals surface area (Å²) in [4.78, 5) is 51.2. The van der Waals surface area contributed by atoms with Gasteiger partial charge in [-0.05, 0) is 51.3 Å². The Morgan fingerprint density at radius 3 is 2.10 bits per heavy atom. The maximum absolute atomic E-state index is 14.2. The van der Waals surface area contributed by atoms with E-state index in [0.717, 1.165) is 35.5 Å². The van der Waals surface area contributed by atoms with E-state index in [-0.39, 0.29) is 52.5 Å². The first-order valence-electron chi connectivity index (χ1n) is 17.1. The fourth-order valence-electron chi connectivity index (χ4n) is 5.17. The van der Waals surface area contributed by atoms with Crippen LogP contribution < -0.4 is 0 Å². The van der Waals surface area contributed by atoms with Gasteiger partial charge < -0.3 is 18.9 Å². The lowest BCUT2D eigenvalue weighted by Crippen LogP contribution is -2.43. The zero-order valence-electron chi connectivity index (χ0n) is 31.9. The molecular formula is C36H35ClF8N6O8. The van der Waals surface area contributed by atoms with Crippen LogP contribution in [0.5, 0.6) is 0 Å². The van der Waals surface area contributed by atoms with Gasteiger partial charge in [-0.2, -0.15) is 50.6 Å². The van der Waals surface area contributed by atoms with Crippen molar-refractivity contribution in [3.05, 3.63) is 64.6 Å². The van der Waals surface area contributed by atoms with Gasteiger partial charge >= 0.3 is 36.4 Å². The van der Waals surface area contributed by atoms with Crippen molar-refractivity contribution in [2.24, 2.45) is 12.5 Å². The molecule has 0 N–H and O–H groups in total. The molecule has 59 heavy (non-hydrogen) atoms. The standard InChI is InChI=1S/C36H35ClF8N6O8/c1-31(2,3)59-25(53)10-9-24(52)56-17-32(4,5)18-57-30(55)58-19-50(33(16-46)11-12-33)29(54)22-13-20(7-8-23(22)37)21-14-47-51(15-21)28-26(35(40,41)42)27(48-49(28)6)34(38,39)36(43,44)45/h7-10,13-15H,11-12,17-19H2,1-6H3/b10-9+. The predicted molar refractivity (Wildman–Crippen MR) is 186 cm³/mol. The molecule has 2 aromatic heterocycles. The molecule has 14 nitrogen and oxygen atoms in total. The van der Waals surface area contributed by atoms with Crippen molar-refractivity contribution in [2.75, 3.05) is 19.9 Å². The summed E-state index contributed by atoms with van der Waals surface area (Å²) < 4.78 is 131. The third-order valence-electron chi connectivity index (χ3n) is 8.24. The van der Waals surface area contributed by atoms with Crippen LogP contribution >= 0.6 is 11.6 Å². The molecule has 0 saturated heterocycles. The summed E-state index contributed by atoms with van der Waals surface area (Å²) in [7, 11) is 0.713. The number of carbonyl (C=O) groups is 4. The second-order valence-electron chi connectivity index (χ2n) is 14.9. The van der Waals surface area contributed by atoms with Gasteiger partial charge in [0, 0.05) is 36.4 Å². The first kappa shape index (κ1) is 46.0. The van der Waals surface area contributed by atoms with Gasteiger partial charge in [-0.1, -0.05) is 31.5 Å². The number of hydrogen-bond donors (Lipinski definition) is 0. The molecule has 0 bridgehead atoms. The van der Waals surface area contributed by atoms with E-state index in [9.17, 15) is 59.6 Å². The molecule has 2 heterocycles. The number of hydrogen-bond acceptors (Lipinski definition) is 11. The number of amides is 1. The van der Waals surface area contributed by atoms with E-state index in [1.165, 1.54) is 12.1 Å². The van der Waals surface area contributed by atoms with Crippen LogP contribution in [0.3, 0.4) is 0 Å². The van der Waals surface area contributed by atoms with E-state index in [1.807, 2.05) is 6.07 Å². The van der Waals surface area contributed by atoms with Crippen molar-refractivity contribution in [3.63, 3.8) is 0 Å². The lowest BCUT2D eigenvalue weighted by Gasteiger charge is -2.28. The maximum Gasteiger partial charge on any atom is 0.510 e. The van der Waals surface area contributed by atoms with Gasteiger partial charge in [0.05, 0.1) is 29.5 Å². The highest BCUT2D eigenvalue weighted by Crippen LogP contribution is 2.49. The lowest BCUT2D eigenvalue weighted by molar-refractivity contribution is -0.292. The number of rotatable bonds is 13. The van der Waals surface area contributed by atoms with Crippen LogP contribution in [0, 0.1) is 16.7 Å². The topological polar surface area (TPSA) is 168 Å². The molecule has 3 aromatic rings. The van der Waals surface area contributed by atoms with E-state index in [1.54, 1.807) is 34.6 Å². The Kier molecular flexibility index (Phi) is 12.9. The molecule has 1 aliphatic carbocycles. The van der Waals surface area contributed by atoms with Crippen molar-refractivity contribution >= 4 is 35.6 Å². The van der Waals surface area contributed by atoms with Gasteiger partial charge in [-0.15, -0.1) is 0 Å². The lowest BCUT2D eigenvalue weighted by atomic mass is 9.96. The van der Waals surface area contributed by atoms with Crippen LogP contribution in [-0.2, 0) is 47.7 Å². The summed E-state index contributed by atoms with van der Waals surface area (Å²) in [5, 5.41) is 16.3. The number of halogens is 9. The molecule has 1 fully saturated rings. The largest absolute Gasteiger partial charge is 0.510 e. The Morgan fingerprint density at radius 2 is 1.54 bits per heavy atom. The quantitative estimate of drug-likeness (QED) is 0.0544. The van der Waals surface area contributed by atoms with Crippen LogP contribution in [0.15, 0.2) is 42.7 Å². The normalized spacial score (nSPS) is 14.4. The van der Waals surface area contributed by atoms with Crippen molar-refractivity contribution in [1.29, 1.82) is 5.26 Å². The van der Waals surface area contributed by atoms with Gasteiger partial charge in [0.25, 0.3) is 5.91 Å². The minimum atomic E-state index is -6.41. The zero-order valence-corrected chi connectivity index (χ0v) is 32.7. The number of aromatic nitrogens is 4. The molecule has 4 rings (SSSR count). The Balaban J connectivity index is 1.49. The fraction of sp³-hybridized carbons (Fsp3) is 0.472. The average molecular weight is 867 g/mol. The van der Waals surface area contributed by atoms with Crippen molar-refractivity contribution in [2.45, 2.75) is 76.9 Å². The minimum absolute atomic E-state index is 0.0471. The molecule has 0 aliphatic heterocycles. The number of benzene rings is 1. The summed E-state index contributed by atoms with van der Waals surface area (Å²) in [6.45, 7) is 6.63. The second kappa shape index (κ2) is 16.5. The molecule has 0 radical (unpaired) electrons. The molecule has 1 saturated carbocycles. The second-order valence-corrected chi connectivity index (χ2v) is 15.3. The Morgan fingerprint density at radius 1 is 0.932 bits per heavy atom. The molecule has 0 unspecified atom stereocenters. The van der Waals surface area contributed by atoms with E-state index in [4.69, 9.17) is 30.5 Å². The van der Waals surface area contributed by atoms with Crippen molar-refractivity contribution in [3.8, 4) is 23.0 Å². The number of ether oxygens (including phenoxy) is 4. The highest BCUT2D eigenvalue weighted by molar-refractivity contribution is 6.34. The molecule has 0 spiro atoms. The summed E-state index contributed by atoms with van der Waals surface area (Å²) in [6, 6.07) is 5.63. The highest BCUT2D eigenvalue weighted by Gasteiger charge is 2.64. The predicted octanol–water partition coefficient (Wildman–Crippen LogP) is 7.68. The van der Waals surface area contributed by atoms with Gasteiger partial charge in [-0.25, -0.2) is 23.7 Å². The summed E-state index contributed by atoms with van der Waals surface area (Å²) in [5.41, 5.74) is -8.47. The Hall–Kier alpha value is -5.72. The van der Waals surface area contributed by atoms with E-state index < -0.39 is 82.6 Å². The molecule has 0 atom stereocenters. The molecule has 1 amide bonds. The highest BCUT2D eigenvalue weighted by atomic mass is 35.5. The van der Waals surface area contributed by atoms with Crippen LogP contribution in [0.4, 0.5) is 39.9 Å². The molecule has 320 valence electrons. The Labute approximate surface area is 335 Å². The van der Waals surface area contributed by atoms with Crippen LogP contribution in [0.1, 0.15) is 69.1 Å². The molecule has 1 aliphatic rings. The average Bonchev–Trinajstić information content (AvgIpc) is 3.58. The third kappa shape index (κ3) is 10.9. The van der Waals surface area contributed by atoms with Gasteiger partial charge in [0.15, 0.2) is 18.2 Å². The summed E-state index contributed by atoms with van der Waals surface area (Å²) in [5.74, 6) is -9.84. The van der Waals surface area contributed by atoms with Crippen molar-refractivity contribution in [1.82, 2.24) is 24.5 Å². The summed E-state index contributed by atoms with van der Waals surface area (Å²) >= 11 is 6.34. The number of nitriles is 1. The van der Waals surface area contributed by atoms with Gasteiger partial charge in [0.1, 0.15) is 23.3 Å². The van der Waals surface area contributed by atoms with E-state index >= 15 is 0 Å². The SMILES string of the molecule is Cn1nc(C(F)(F)C(F)(F)F)c(C(F)(F)F)c1-n1cc(-c2ccc(Cl)c(C(=O)N(COC(=O)OCC(C)(C)COC(=O)/C=C/C(=O)OC(C)(C)C)C3(C#N)CC3)c2)cn1. The monoisotopic (exact) mass is 866 g/mol. The molecule has 23 heteroatoms. The molecule has 1 aromatic carbocycles. The molecular weight excluding hydrogens is 832 g/mol. The van der Waals surface area contributed by atoms with Gasteiger partial charge in [-0.3, -0.25) is 9.69 Å². The third-order valence-corrected chi connectivity index (χ3v) is 8.57. The number of esters is 2. The maximum atomic E-state index is 14.2. The zero-order chi connectivity index (χ0) is 44.5. The van der Waals surface area contributed by atoms with Crippen molar-refractivity contribution < 1.29 is 73.2 Å². The summed E-state index contributed by atoms with van der Waals surface area (Å²) in [6.07, 6.45) is -9.56. The first-order chi connectivity index (χ1) is 27.0. The Bertz CT molecular complexity index is 2180. The van der Waals surface area contributed by atoms with Crippen LogP contribution in [0.2, 0.25) is 5.02 Å². The van der Waals surface area contributed by atoms with E-state index in [2.05, 4.69) is 10.2 Å². The number of carbonyl (C=O) groups excluding carboxylic acids is 4. The van der Waals surface area contributed by atoms with E-state index in [0.29, 0.717) is 11.7 Å². The number of nitrogens with zero attached hydrogens (tertiary/aromatic N) is 6. The first-order valence-corrected chi connectivity index (χ1v) is 17.4. The minimum Gasteiger partial charge on any atom is -0.462 e. The van der Waals surface area contributed by atoms with Crippen LogP contribution in [0.25, 0.3) is 16.9 Å².